The van der Waals surface area contributed by atoms with Gasteiger partial charge in [-0.25, -0.2) is 14.4 Å². The molecule has 2 aromatic rings. The molecule has 2 N–H and O–H groups in total. The average molecular weight is 288 g/mol. The van der Waals surface area contributed by atoms with Gasteiger partial charge < -0.3 is 10.6 Å². The summed E-state index contributed by atoms with van der Waals surface area (Å²) in [5, 5.41) is 5.60. The van der Waals surface area contributed by atoms with Crippen LogP contribution in [0, 0.1) is 5.82 Å². The van der Waals surface area contributed by atoms with Crippen molar-refractivity contribution >= 4 is 17.4 Å². The standard InChI is InChI=1S/C15H17FN4O/c1-2-3-8-17-14-9-13(18-10-19-14)15(21)20-12-7-5-4-6-11(12)16/h4-7,9-10H,2-3,8H2,1H3,(H,20,21)(H,17,18,19). The first-order valence-corrected chi connectivity index (χ1v) is 6.82. The molecule has 0 saturated heterocycles. The summed E-state index contributed by atoms with van der Waals surface area (Å²) in [6, 6.07) is 7.54. The highest BCUT2D eigenvalue weighted by Gasteiger charge is 2.11. The number of carbonyl (C=O) groups excluding carboxylic acids is 1. The maximum atomic E-state index is 13.5. The van der Waals surface area contributed by atoms with Crippen molar-refractivity contribution in [1.82, 2.24) is 9.97 Å². The Kier molecular flexibility index (Phi) is 5.20. The number of para-hydroxylation sites is 1. The highest BCUT2D eigenvalue weighted by Crippen LogP contribution is 2.14. The van der Waals surface area contributed by atoms with Crippen LogP contribution in [0.3, 0.4) is 0 Å². The van der Waals surface area contributed by atoms with E-state index in [1.165, 1.54) is 18.5 Å². The molecule has 0 unspecified atom stereocenters. The number of anilines is 2. The predicted molar refractivity (Wildman–Crippen MR) is 79.8 cm³/mol. The summed E-state index contributed by atoms with van der Waals surface area (Å²) in [5.74, 6) is -0.376. The topological polar surface area (TPSA) is 66.9 Å². The molecular weight excluding hydrogens is 271 g/mol. The molecule has 0 aliphatic heterocycles. The number of amides is 1. The molecule has 110 valence electrons. The Bertz CT molecular complexity index is 618. The summed E-state index contributed by atoms with van der Waals surface area (Å²) >= 11 is 0. The normalized spacial score (nSPS) is 10.2. The third-order valence-electron chi connectivity index (χ3n) is 2.86. The van der Waals surface area contributed by atoms with Gasteiger partial charge in [0, 0.05) is 12.6 Å². The molecule has 0 saturated carbocycles. The van der Waals surface area contributed by atoms with Gasteiger partial charge in [-0.05, 0) is 18.6 Å². The summed E-state index contributed by atoms with van der Waals surface area (Å²) in [5.41, 5.74) is 0.314. The van der Waals surface area contributed by atoms with Crippen molar-refractivity contribution in [3.8, 4) is 0 Å². The van der Waals surface area contributed by atoms with Crippen LogP contribution in [0.5, 0.6) is 0 Å². The highest BCUT2D eigenvalue weighted by molar-refractivity contribution is 6.03. The van der Waals surface area contributed by atoms with Gasteiger partial charge in [-0.3, -0.25) is 4.79 Å². The van der Waals surface area contributed by atoms with Gasteiger partial charge in [0.05, 0.1) is 5.69 Å². The van der Waals surface area contributed by atoms with Gasteiger partial charge in [0.2, 0.25) is 0 Å². The lowest BCUT2D eigenvalue weighted by molar-refractivity contribution is 0.102. The number of hydrogen-bond donors (Lipinski definition) is 2. The van der Waals surface area contributed by atoms with Crippen molar-refractivity contribution in [3.63, 3.8) is 0 Å². The van der Waals surface area contributed by atoms with E-state index in [-0.39, 0.29) is 11.4 Å². The second-order valence-corrected chi connectivity index (χ2v) is 4.50. The fraction of sp³-hybridized carbons (Fsp3) is 0.267. The van der Waals surface area contributed by atoms with Crippen molar-refractivity contribution in [2.24, 2.45) is 0 Å². The lowest BCUT2D eigenvalue weighted by Crippen LogP contribution is -2.15. The lowest BCUT2D eigenvalue weighted by Gasteiger charge is -2.07. The third kappa shape index (κ3) is 4.24. The second-order valence-electron chi connectivity index (χ2n) is 4.50. The molecule has 1 aromatic heterocycles. The van der Waals surface area contributed by atoms with Gasteiger partial charge in [0.15, 0.2) is 0 Å². The molecule has 0 aliphatic rings. The molecule has 21 heavy (non-hydrogen) atoms. The Morgan fingerprint density at radius 3 is 2.86 bits per heavy atom. The fourth-order valence-corrected chi connectivity index (χ4v) is 1.72. The minimum absolute atomic E-state index is 0.126. The van der Waals surface area contributed by atoms with Gasteiger partial charge in [0.1, 0.15) is 23.7 Å². The third-order valence-corrected chi connectivity index (χ3v) is 2.86. The molecule has 2 rings (SSSR count). The zero-order valence-electron chi connectivity index (χ0n) is 11.8. The number of rotatable bonds is 6. The second kappa shape index (κ2) is 7.33. The van der Waals surface area contributed by atoms with Crippen LogP contribution < -0.4 is 10.6 Å². The van der Waals surface area contributed by atoms with E-state index in [0.29, 0.717) is 5.82 Å². The van der Waals surface area contributed by atoms with Gasteiger partial charge in [-0.2, -0.15) is 0 Å². The van der Waals surface area contributed by atoms with E-state index in [1.54, 1.807) is 18.2 Å². The number of aromatic nitrogens is 2. The fourth-order valence-electron chi connectivity index (χ4n) is 1.72. The number of benzene rings is 1. The zero-order valence-corrected chi connectivity index (χ0v) is 11.8. The van der Waals surface area contributed by atoms with Crippen molar-refractivity contribution in [1.29, 1.82) is 0 Å². The SMILES string of the molecule is CCCCNc1cc(C(=O)Nc2ccccc2F)ncn1. The van der Waals surface area contributed by atoms with E-state index in [1.807, 2.05) is 0 Å². The summed E-state index contributed by atoms with van der Waals surface area (Å²) in [7, 11) is 0. The number of carbonyl (C=O) groups is 1. The van der Waals surface area contributed by atoms with Crippen LogP contribution in [-0.2, 0) is 0 Å². The van der Waals surface area contributed by atoms with Gasteiger partial charge in [0.25, 0.3) is 5.91 Å². The molecule has 0 atom stereocenters. The quantitative estimate of drug-likeness (QED) is 0.802. The summed E-state index contributed by atoms with van der Waals surface area (Å²) in [6.07, 6.45) is 3.39. The number of nitrogens with zero attached hydrogens (tertiary/aromatic N) is 2. The lowest BCUT2D eigenvalue weighted by atomic mass is 10.3. The number of nitrogens with one attached hydrogen (secondary N) is 2. The number of unbranched alkanes of at least 4 members (excludes halogenated alkanes) is 1. The van der Waals surface area contributed by atoms with Gasteiger partial charge >= 0.3 is 0 Å². The summed E-state index contributed by atoms with van der Waals surface area (Å²) in [6.45, 7) is 2.87. The number of halogens is 1. The van der Waals surface area contributed by atoms with E-state index >= 15 is 0 Å². The van der Waals surface area contributed by atoms with E-state index in [4.69, 9.17) is 0 Å². The predicted octanol–water partition coefficient (Wildman–Crippen LogP) is 3.08. The van der Waals surface area contributed by atoms with E-state index < -0.39 is 11.7 Å². The van der Waals surface area contributed by atoms with Crippen molar-refractivity contribution in [2.75, 3.05) is 17.2 Å². The monoisotopic (exact) mass is 288 g/mol. The molecule has 6 heteroatoms. The van der Waals surface area contributed by atoms with Crippen LogP contribution in [0.1, 0.15) is 30.3 Å². The first kappa shape index (κ1) is 14.9. The van der Waals surface area contributed by atoms with Crippen molar-refractivity contribution in [2.45, 2.75) is 19.8 Å². The Balaban J connectivity index is 2.05. The van der Waals surface area contributed by atoms with Crippen LogP contribution in [0.25, 0.3) is 0 Å². The molecule has 0 radical (unpaired) electrons. The van der Waals surface area contributed by atoms with Crippen LogP contribution in [0.2, 0.25) is 0 Å². The molecular formula is C15H17FN4O. The van der Waals surface area contributed by atoms with Crippen molar-refractivity contribution < 1.29 is 9.18 Å². The Labute approximate surface area is 122 Å². The van der Waals surface area contributed by atoms with E-state index in [2.05, 4.69) is 27.5 Å². The van der Waals surface area contributed by atoms with Crippen LogP contribution in [-0.4, -0.2) is 22.4 Å². The summed E-state index contributed by atoms with van der Waals surface area (Å²) in [4.78, 5) is 20.0. The number of hydrogen-bond acceptors (Lipinski definition) is 4. The molecule has 1 amide bonds. The molecule has 1 aromatic carbocycles. The Hall–Kier alpha value is -2.50. The van der Waals surface area contributed by atoms with Gasteiger partial charge in [-0.1, -0.05) is 25.5 Å². The van der Waals surface area contributed by atoms with Crippen molar-refractivity contribution in [3.05, 3.63) is 48.2 Å². The molecule has 0 fully saturated rings. The largest absolute Gasteiger partial charge is 0.370 e. The molecule has 0 aliphatic carbocycles. The maximum Gasteiger partial charge on any atom is 0.274 e. The smallest absolute Gasteiger partial charge is 0.274 e. The zero-order chi connectivity index (χ0) is 15.1. The van der Waals surface area contributed by atoms with E-state index in [9.17, 15) is 9.18 Å². The minimum atomic E-state index is -0.485. The van der Waals surface area contributed by atoms with Crippen LogP contribution in [0.15, 0.2) is 36.7 Å². The average Bonchev–Trinajstić information content (AvgIpc) is 2.50. The maximum absolute atomic E-state index is 13.5. The summed E-state index contributed by atoms with van der Waals surface area (Å²) < 4.78 is 13.5. The van der Waals surface area contributed by atoms with Crippen LogP contribution >= 0.6 is 0 Å². The van der Waals surface area contributed by atoms with Crippen LogP contribution in [0.4, 0.5) is 15.9 Å². The first-order chi connectivity index (χ1) is 10.2. The first-order valence-electron chi connectivity index (χ1n) is 6.82. The molecule has 1 heterocycles. The molecule has 5 nitrogen and oxygen atoms in total. The molecule has 0 bridgehead atoms. The van der Waals surface area contributed by atoms with E-state index in [0.717, 1.165) is 19.4 Å². The minimum Gasteiger partial charge on any atom is -0.370 e. The molecule has 0 spiro atoms. The Morgan fingerprint density at radius 1 is 1.29 bits per heavy atom. The Morgan fingerprint density at radius 2 is 2.10 bits per heavy atom. The van der Waals surface area contributed by atoms with Gasteiger partial charge in [-0.15, -0.1) is 0 Å². The highest BCUT2D eigenvalue weighted by atomic mass is 19.1.